The first-order chi connectivity index (χ1) is 22.4. The van der Waals surface area contributed by atoms with E-state index in [-0.39, 0.29) is 35.8 Å². The Morgan fingerprint density at radius 3 is 2.27 bits per heavy atom. The minimum absolute atomic E-state index is 0.000893. The van der Waals surface area contributed by atoms with Crippen molar-refractivity contribution in [3.8, 4) is 0 Å². The molecular formula is C29H31F9N8O2. The molecule has 3 aliphatic carbocycles. The maximum absolute atomic E-state index is 14.1. The number of fused-ring (bicyclic) bond motifs is 1. The Bertz CT molecular complexity index is 1660. The molecule has 3 atom stereocenters. The van der Waals surface area contributed by atoms with E-state index in [1.165, 1.54) is 16.9 Å². The average Bonchev–Trinajstić information content (AvgIpc) is 3.58. The Labute approximate surface area is 266 Å². The molecule has 3 aromatic rings. The number of nitrogens with one attached hydrogen (secondary N) is 2. The number of nitrogens with zero attached hydrogens (tertiary/aromatic N) is 6. The van der Waals surface area contributed by atoms with Crippen molar-refractivity contribution < 1.29 is 49.1 Å². The van der Waals surface area contributed by atoms with Gasteiger partial charge in [-0.2, -0.15) is 35.8 Å². The van der Waals surface area contributed by atoms with Gasteiger partial charge in [-0.3, -0.25) is 9.59 Å². The molecule has 3 saturated carbocycles. The van der Waals surface area contributed by atoms with E-state index in [4.69, 9.17) is 0 Å². The average molecular weight is 695 g/mol. The zero-order valence-corrected chi connectivity index (χ0v) is 25.2. The summed E-state index contributed by atoms with van der Waals surface area (Å²) in [6.07, 6.45) is -3.15. The van der Waals surface area contributed by atoms with Gasteiger partial charge in [0.2, 0.25) is 11.8 Å². The van der Waals surface area contributed by atoms with Crippen LogP contribution in [0.5, 0.6) is 0 Å². The number of aromatic nitrogens is 6. The lowest BCUT2D eigenvalue weighted by Gasteiger charge is -2.43. The van der Waals surface area contributed by atoms with Crippen LogP contribution in [0.15, 0.2) is 24.7 Å². The predicted octanol–water partition coefficient (Wildman–Crippen LogP) is 5.82. The van der Waals surface area contributed by atoms with Crippen molar-refractivity contribution in [2.45, 2.75) is 100 Å². The summed E-state index contributed by atoms with van der Waals surface area (Å²) in [6.45, 7) is -0.707. The summed E-state index contributed by atoms with van der Waals surface area (Å²) in [5.41, 5.74) is 0.668. The first-order valence-corrected chi connectivity index (χ1v) is 15.5. The summed E-state index contributed by atoms with van der Waals surface area (Å²) in [4.78, 5) is 30.4. The highest BCUT2D eigenvalue weighted by Gasteiger charge is 2.71. The van der Waals surface area contributed by atoms with E-state index in [0.717, 1.165) is 23.7 Å². The van der Waals surface area contributed by atoms with Gasteiger partial charge in [0, 0.05) is 25.7 Å². The van der Waals surface area contributed by atoms with Gasteiger partial charge in [0.1, 0.15) is 5.69 Å². The second kappa shape index (κ2) is 12.2. The molecule has 0 saturated heterocycles. The Hall–Kier alpha value is -3.93. The largest absolute Gasteiger partial charge is 0.389 e. The zero-order valence-electron chi connectivity index (χ0n) is 25.2. The van der Waals surface area contributed by atoms with E-state index >= 15 is 0 Å². The maximum atomic E-state index is 14.1. The fraction of sp³-hybridized carbons (Fsp3) is 0.655. The van der Waals surface area contributed by atoms with Gasteiger partial charge in [0.25, 0.3) is 5.91 Å². The first kappa shape index (κ1) is 34.0. The Balaban J connectivity index is 1.23. The maximum Gasteiger partial charge on any atom is 0.389 e. The summed E-state index contributed by atoms with van der Waals surface area (Å²) < 4.78 is 123. The number of halogens is 9. The molecule has 48 heavy (non-hydrogen) atoms. The number of rotatable bonds is 11. The molecule has 2 N–H and O–H groups in total. The van der Waals surface area contributed by atoms with Crippen molar-refractivity contribution in [1.29, 1.82) is 0 Å². The Morgan fingerprint density at radius 2 is 1.65 bits per heavy atom. The van der Waals surface area contributed by atoms with Crippen molar-refractivity contribution in [3.05, 3.63) is 41.6 Å². The third-order valence-corrected chi connectivity index (χ3v) is 9.35. The van der Waals surface area contributed by atoms with Gasteiger partial charge < -0.3 is 10.6 Å². The van der Waals surface area contributed by atoms with Gasteiger partial charge in [-0.15, -0.1) is 5.10 Å². The van der Waals surface area contributed by atoms with Crippen LogP contribution < -0.4 is 10.6 Å². The lowest BCUT2D eigenvalue weighted by atomic mass is 9.76. The second-order valence-electron chi connectivity index (χ2n) is 12.9. The van der Waals surface area contributed by atoms with Gasteiger partial charge in [-0.05, 0) is 49.1 Å². The van der Waals surface area contributed by atoms with Crippen LogP contribution in [0.4, 0.5) is 39.5 Å². The molecule has 10 nitrogen and oxygen atoms in total. The molecule has 2 amide bonds. The molecular weight excluding hydrogens is 663 g/mol. The van der Waals surface area contributed by atoms with Crippen molar-refractivity contribution >= 4 is 17.5 Å². The highest BCUT2D eigenvalue weighted by molar-refractivity contribution is 5.92. The summed E-state index contributed by atoms with van der Waals surface area (Å²) in [6, 6.07) is -0.00142. The number of amides is 2. The van der Waals surface area contributed by atoms with Crippen LogP contribution in [0, 0.1) is 17.8 Å². The normalized spacial score (nSPS) is 23.3. The van der Waals surface area contributed by atoms with Crippen LogP contribution in [0.1, 0.15) is 91.6 Å². The predicted molar refractivity (Wildman–Crippen MR) is 147 cm³/mol. The molecule has 3 aliphatic rings. The smallest absolute Gasteiger partial charge is 0.349 e. The highest BCUT2D eigenvalue weighted by Crippen LogP contribution is 2.55. The van der Waals surface area contributed by atoms with Crippen molar-refractivity contribution in [2.75, 3.05) is 0 Å². The lowest BCUT2D eigenvalue weighted by molar-refractivity contribution is -0.316. The van der Waals surface area contributed by atoms with Gasteiger partial charge in [-0.1, -0.05) is 5.21 Å². The zero-order chi connectivity index (χ0) is 34.6. The molecule has 0 radical (unpaired) electrons. The lowest BCUT2D eigenvalue weighted by Crippen LogP contribution is -2.60. The van der Waals surface area contributed by atoms with Gasteiger partial charge >= 0.3 is 18.0 Å². The molecule has 3 fully saturated rings. The highest BCUT2D eigenvalue weighted by atomic mass is 19.4. The molecule has 3 aromatic heterocycles. The van der Waals surface area contributed by atoms with E-state index in [9.17, 15) is 49.1 Å². The van der Waals surface area contributed by atoms with E-state index in [1.807, 2.05) is 0 Å². The molecule has 19 heteroatoms. The molecule has 0 aromatic carbocycles. The number of hydrogen-bond acceptors (Lipinski definition) is 6. The SMILES string of the molecule is O=C(CCC(F)(F)F)NC(c1cnn2cc([C@@H](NC(=O)c3cnnn3CC3CC(F)(F)C3(F)F)C3CCC(F)(F)CC3)nc2c1)C1CC1. The minimum atomic E-state index is -4.49. The third kappa shape index (κ3) is 7.09. The number of alkyl halides is 9. The quantitative estimate of drug-likeness (QED) is 0.245. The third-order valence-electron chi connectivity index (χ3n) is 9.35. The van der Waals surface area contributed by atoms with Crippen LogP contribution >= 0.6 is 0 Å². The summed E-state index contributed by atoms with van der Waals surface area (Å²) in [5.74, 6) is -15.3. The van der Waals surface area contributed by atoms with Crippen LogP contribution in [0.25, 0.3) is 5.65 Å². The molecule has 2 unspecified atom stereocenters. The minimum Gasteiger partial charge on any atom is -0.349 e. The van der Waals surface area contributed by atoms with Crippen LogP contribution in [-0.2, 0) is 11.3 Å². The number of carbonyl (C=O) groups excluding carboxylic acids is 2. The van der Waals surface area contributed by atoms with Crippen LogP contribution in [0.3, 0.4) is 0 Å². The first-order valence-electron chi connectivity index (χ1n) is 15.5. The van der Waals surface area contributed by atoms with Crippen molar-refractivity contribution in [1.82, 2.24) is 40.2 Å². The van der Waals surface area contributed by atoms with E-state index in [2.05, 4.69) is 31.0 Å². The fourth-order valence-electron chi connectivity index (χ4n) is 6.38. The second-order valence-corrected chi connectivity index (χ2v) is 12.9. The topological polar surface area (TPSA) is 119 Å². The molecule has 0 spiro atoms. The Kier molecular flexibility index (Phi) is 8.62. The fourth-order valence-corrected chi connectivity index (χ4v) is 6.38. The molecule has 262 valence electrons. The van der Waals surface area contributed by atoms with Gasteiger partial charge in [0.05, 0.1) is 55.3 Å². The molecule has 6 rings (SSSR count). The number of hydrogen-bond donors (Lipinski definition) is 2. The van der Waals surface area contributed by atoms with E-state index in [1.54, 1.807) is 6.07 Å². The molecule has 0 aliphatic heterocycles. The van der Waals surface area contributed by atoms with Gasteiger partial charge in [-0.25, -0.2) is 23.0 Å². The Morgan fingerprint density at radius 1 is 0.958 bits per heavy atom. The standard InChI is InChI=1S/C29H31F9N8O2/c30-26(31)6-3-16(4-7-26)24(43-25(48)20-12-39-44-45(20)13-18-10-27(32,33)29(18,37)38)19-14-46-21(41-19)9-17(11-40-46)23(15-1-2-15)42-22(47)5-8-28(34,35)36/h9,11-12,14-16,18,23-24H,1-8,10,13H2,(H,42,47)(H,43,48)/t18?,23?,24-/m0/s1. The molecule has 0 bridgehead atoms. The number of imidazole rings is 1. The van der Waals surface area contributed by atoms with E-state index < -0.39 is 98.3 Å². The van der Waals surface area contributed by atoms with E-state index in [0.29, 0.717) is 5.56 Å². The monoisotopic (exact) mass is 694 g/mol. The summed E-state index contributed by atoms with van der Waals surface area (Å²) in [7, 11) is 0. The van der Waals surface area contributed by atoms with Gasteiger partial charge in [0.15, 0.2) is 5.65 Å². The molecule has 3 heterocycles. The van der Waals surface area contributed by atoms with Crippen LogP contribution in [0.2, 0.25) is 0 Å². The van der Waals surface area contributed by atoms with Crippen molar-refractivity contribution in [3.63, 3.8) is 0 Å². The number of carbonyl (C=O) groups is 2. The summed E-state index contributed by atoms with van der Waals surface area (Å²) in [5, 5.41) is 16.9. The van der Waals surface area contributed by atoms with Crippen LogP contribution in [-0.4, -0.2) is 65.4 Å². The van der Waals surface area contributed by atoms with Crippen molar-refractivity contribution in [2.24, 2.45) is 17.8 Å². The summed E-state index contributed by atoms with van der Waals surface area (Å²) >= 11 is 0.